The van der Waals surface area contributed by atoms with E-state index in [2.05, 4.69) is 19.1 Å². The van der Waals surface area contributed by atoms with E-state index in [1.807, 2.05) is 24.3 Å². The van der Waals surface area contributed by atoms with Gasteiger partial charge >= 0.3 is 0 Å². The van der Waals surface area contributed by atoms with E-state index < -0.39 is 6.10 Å². The van der Waals surface area contributed by atoms with E-state index in [9.17, 15) is 9.90 Å². The summed E-state index contributed by atoms with van der Waals surface area (Å²) < 4.78 is 0. The van der Waals surface area contributed by atoms with Gasteiger partial charge in [0.15, 0.2) is 5.78 Å². The van der Waals surface area contributed by atoms with Crippen LogP contribution in [0, 0.1) is 0 Å². The Morgan fingerprint density at radius 1 is 1.00 bits per heavy atom. The molecule has 0 radical (unpaired) electrons. The largest absolute Gasteiger partial charge is 0.384 e. The fourth-order valence-corrected chi connectivity index (χ4v) is 2.34. The zero-order valence-corrected chi connectivity index (χ0v) is 12.7. The first-order valence-corrected chi connectivity index (χ1v) is 7.49. The maximum absolute atomic E-state index is 11.3. The average Bonchev–Trinajstić information content (AvgIpc) is 2.53. The molecule has 0 aliphatic rings. The van der Waals surface area contributed by atoms with Crippen molar-refractivity contribution in [2.24, 2.45) is 0 Å². The average molecular weight is 282 g/mol. The molecule has 110 valence electrons. The number of carbonyl (C=O) groups is 1. The van der Waals surface area contributed by atoms with Crippen LogP contribution in [-0.4, -0.2) is 10.9 Å². The molecule has 21 heavy (non-hydrogen) atoms. The van der Waals surface area contributed by atoms with Crippen LogP contribution < -0.4 is 0 Å². The molecule has 0 bridgehead atoms. The Labute approximate surface area is 126 Å². The van der Waals surface area contributed by atoms with E-state index in [4.69, 9.17) is 0 Å². The normalized spacial score (nSPS) is 12.1. The summed E-state index contributed by atoms with van der Waals surface area (Å²) in [5.41, 5.74) is 3.66. The predicted molar refractivity (Wildman–Crippen MR) is 85.6 cm³/mol. The van der Waals surface area contributed by atoms with Gasteiger partial charge in [0.25, 0.3) is 0 Å². The van der Waals surface area contributed by atoms with Gasteiger partial charge in [-0.25, -0.2) is 0 Å². The molecular formula is C19H22O2. The predicted octanol–water partition coefficient (Wildman–Crippen LogP) is 4.31. The summed E-state index contributed by atoms with van der Waals surface area (Å²) in [4.78, 5) is 11.3. The Bertz CT molecular complexity index is 582. The highest BCUT2D eigenvalue weighted by Crippen LogP contribution is 2.23. The van der Waals surface area contributed by atoms with Crippen molar-refractivity contribution >= 4 is 5.78 Å². The molecule has 1 atom stereocenters. The molecule has 2 aromatic rings. The van der Waals surface area contributed by atoms with Gasteiger partial charge in [-0.3, -0.25) is 4.79 Å². The first-order chi connectivity index (χ1) is 10.1. The molecule has 0 aliphatic carbocycles. The summed E-state index contributed by atoms with van der Waals surface area (Å²) in [6.07, 6.45) is 2.81. The van der Waals surface area contributed by atoms with Gasteiger partial charge in [-0.2, -0.15) is 0 Å². The van der Waals surface area contributed by atoms with Crippen LogP contribution in [-0.2, 0) is 6.42 Å². The summed E-state index contributed by atoms with van der Waals surface area (Å²) in [6.45, 7) is 3.73. The number of hydrogen-bond acceptors (Lipinski definition) is 2. The minimum absolute atomic E-state index is 0.0383. The molecule has 0 saturated carbocycles. The van der Waals surface area contributed by atoms with Gasteiger partial charge in [-0.05, 0) is 36.5 Å². The second-order valence-corrected chi connectivity index (χ2v) is 5.43. The number of benzene rings is 2. The molecule has 0 fully saturated rings. The Balaban J connectivity index is 2.11. The second kappa shape index (κ2) is 7.19. The van der Waals surface area contributed by atoms with Gasteiger partial charge in [-0.1, -0.05) is 61.9 Å². The molecule has 0 saturated heterocycles. The van der Waals surface area contributed by atoms with Crippen LogP contribution in [0.25, 0.3) is 0 Å². The third-order valence-electron chi connectivity index (χ3n) is 3.75. The molecule has 0 amide bonds. The maximum Gasteiger partial charge on any atom is 0.159 e. The van der Waals surface area contributed by atoms with Crippen molar-refractivity contribution in [2.75, 3.05) is 0 Å². The van der Waals surface area contributed by atoms with Crippen LogP contribution in [0.3, 0.4) is 0 Å². The Morgan fingerprint density at radius 2 is 1.52 bits per heavy atom. The molecular weight excluding hydrogens is 260 g/mol. The molecule has 2 heteroatoms. The highest BCUT2D eigenvalue weighted by atomic mass is 16.3. The summed E-state index contributed by atoms with van der Waals surface area (Å²) in [5.74, 6) is 0.0383. The van der Waals surface area contributed by atoms with Crippen molar-refractivity contribution in [1.82, 2.24) is 0 Å². The SMILES string of the molecule is CCCCc1ccc(C(O)c2ccc(C(C)=O)cc2)cc1. The lowest BCUT2D eigenvalue weighted by Crippen LogP contribution is -2.01. The van der Waals surface area contributed by atoms with Crippen LogP contribution in [0.15, 0.2) is 48.5 Å². The first kappa shape index (κ1) is 15.5. The Morgan fingerprint density at radius 3 is 2.00 bits per heavy atom. The van der Waals surface area contributed by atoms with Crippen molar-refractivity contribution in [3.05, 3.63) is 70.8 Å². The summed E-state index contributed by atoms with van der Waals surface area (Å²) in [6, 6.07) is 15.3. The maximum atomic E-state index is 11.3. The van der Waals surface area contributed by atoms with Crippen molar-refractivity contribution in [2.45, 2.75) is 39.2 Å². The van der Waals surface area contributed by atoms with Gasteiger partial charge in [0.05, 0.1) is 0 Å². The van der Waals surface area contributed by atoms with Gasteiger partial charge in [0, 0.05) is 5.56 Å². The zero-order valence-electron chi connectivity index (χ0n) is 12.7. The number of hydrogen-bond donors (Lipinski definition) is 1. The van der Waals surface area contributed by atoms with Crippen LogP contribution >= 0.6 is 0 Å². The van der Waals surface area contributed by atoms with E-state index in [0.29, 0.717) is 5.56 Å². The zero-order chi connectivity index (χ0) is 15.2. The molecule has 0 spiro atoms. The molecule has 1 N–H and O–H groups in total. The van der Waals surface area contributed by atoms with E-state index in [-0.39, 0.29) is 5.78 Å². The number of unbranched alkanes of at least 4 members (excludes halogenated alkanes) is 1. The lowest BCUT2D eigenvalue weighted by atomic mass is 9.98. The van der Waals surface area contributed by atoms with Gasteiger partial charge in [0.1, 0.15) is 6.10 Å². The van der Waals surface area contributed by atoms with Crippen molar-refractivity contribution in [3.63, 3.8) is 0 Å². The number of aliphatic hydroxyl groups is 1. The lowest BCUT2D eigenvalue weighted by molar-refractivity contribution is 0.101. The number of ketones is 1. The van der Waals surface area contributed by atoms with E-state index >= 15 is 0 Å². The number of Topliss-reactive ketones (excluding diaryl/α,β-unsaturated/α-hetero) is 1. The Kier molecular flexibility index (Phi) is 5.29. The second-order valence-electron chi connectivity index (χ2n) is 5.43. The van der Waals surface area contributed by atoms with E-state index in [1.54, 1.807) is 19.1 Å². The third kappa shape index (κ3) is 4.02. The topological polar surface area (TPSA) is 37.3 Å². The quantitative estimate of drug-likeness (QED) is 0.801. The lowest BCUT2D eigenvalue weighted by Gasteiger charge is -2.12. The van der Waals surface area contributed by atoms with Crippen molar-refractivity contribution < 1.29 is 9.90 Å². The molecule has 0 aliphatic heterocycles. The minimum Gasteiger partial charge on any atom is -0.384 e. The molecule has 1 unspecified atom stereocenters. The minimum atomic E-state index is -0.647. The summed E-state index contributed by atoms with van der Waals surface area (Å²) in [5, 5.41) is 10.4. The third-order valence-corrected chi connectivity index (χ3v) is 3.75. The van der Waals surface area contributed by atoms with E-state index in [1.165, 1.54) is 18.4 Å². The van der Waals surface area contributed by atoms with Crippen LogP contribution in [0.2, 0.25) is 0 Å². The first-order valence-electron chi connectivity index (χ1n) is 7.49. The standard InChI is InChI=1S/C19H22O2/c1-3-4-5-15-6-8-17(9-7-15)19(21)18-12-10-16(11-13-18)14(2)20/h6-13,19,21H,3-5H2,1-2H3. The summed E-state index contributed by atoms with van der Waals surface area (Å²) in [7, 11) is 0. The van der Waals surface area contributed by atoms with Gasteiger partial charge in [0.2, 0.25) is 0 Å². The van der Waals surface area contributed by atoms with Crippen LogP contribution in [0.4, 0.5) is 0 Å². The smallest absolute Gasteiger partial charge is 0.159 e. The van der Waals surface area contributed by atoms with E-state index in [0.717, 1.165) is 17.5 Å². The molecule has 2 nitrogen and oxygen atoms in total. The molecule has 0 aromatic heterocycles. The fourth-order valence-electron chi connectivity index (χ4n) is 2.34. The van der Waals surface area contributed by atoms with Gasteiger partial charge in [-0.15, -0.1) is 0 Å². The van der Waals surface area contributed by atoms with Crippen LogP contribution in [0.1, 0.15) is 59.8 Å². The number of aliphatic hydroxyl groups excluding tert-OH is 1. The molecule has 2 rings (SSSR count). The number of aryl methyl sites for hydroxylation is 1. The highest BCUT2D eigenvalue weighted by molar-refractivity contribution is 5.94. The van der Waals surface area contributed by atoms with Crippen molar-refractivity contribution in [3.8, 4) is 0 Å². The monoisotopic (exact) mass is 282 g/mol. The highest BCUT2D eigenvalue weighted by Gasteiger charge is 2.10. The molecule has 0 heterocycles. The van der Waals surface area contributed by atoms with Gasteiger partial charge < -0.3 is 5.11 Å². The number of carbonyl (C=O) groups excluding carboxylic acids is 1. The number of rotatable bonds is 6. The Hall–Kier alpha value is -1.93. The van der Waals surface area contributed by atoms with Crippen molar-refractivity contribution in [1.29, 1.82) is 0 Å². The summed E-state index contributed by atoms with van der Waals surface area (Å²) >= 11 is 0. The molecule has 2 aromatic carbocycles. The fraction of sp³-hybridized carbons (Fsp3) is 0.316. The van der Waals surface area contributed by atoms with Crippen LogP contribution in [0.5, 0.6) is 0 Å².